The second kappa shape index (κ2) is 7.71. The second-order valence-electron chi connectivity index (χ2n) is 4.90. The summed E-state index contributed by atoms with van der Waals surface area (Å²) in [5, 5.41) is 11.7. The van der Waals surface area contributed by atoms with Gasteiger partial charge in [-0.05, 0) is 24.3 Å². The molecular formula is C17H16N4O2. The lowest BCUT2D eigenvalue weighted by Gasteiger charge is -2.20. The van der Waals surface area contributed by atoms with Crippen LogP contribution in [0.2, 0.25) is 0 Å². The van der Waals surface area contributed by atoms with E-state index in [0.717, 1.165) is 0 Å². The van der Waals surface area contributed by atoms with Gasteiger partial charge in [0.25, 0.3) is 0 Å². The van der Waals surface area contributed by atoms with Crippen LogP contribution in [0.4, 0.5) is 5.69 Å². The first kappa shape index (κ1) is 16.2. The van der Waals surface area contributed by atoms with Crippen LogP contribution in [0, 0.1) is 11.3 Å². The van der Waals surface area contributed by atoms with E-state index in [-0.39, 0.29) is 24.9 Å². The molecule has 0 bridgehead atoms. The maximum Gasteiger partial charge on any atom is 0.244 e. The van der Waals surface area contributed by atoms with Crippen molar-refractivity contribution in [3.8, 4) is 6.07 Å². The molecule has 6 nitrogen and oxygen atoms in total. The van der Waals surface area contributed by atoms with Crippen molar-refractivity contribution in [2.45, 2.75) is 13.5 Å². The van der Waals surface area contributed by atoms with Crippen LogP contribution < -0.4 is 5.32 Å². The monoisotopic (exact) mass is 308 g/mol. The predicted molar refractivity (Wildman–Crippen MR) is 85.1 cm³/mol. The summed E-state index contributed by atoms with van der Waals surface area (Å²) in [4.78, 5) is 29.4. The Balaban J connectivity index is 2.04. The molecule has 1 heterocycles. The number of rotatable bonds is 5. The molecular weight excluding hydrogens is 292 g/mol. The first-order valence-corrected chi connectivity index (χ1v) is 7.04. The molecule has 0 saturated heterocycles. The Morgan fingerprint density at radius 2 is 1.96 bits per heavy atom. The van der Waals surface area contributed by atoms with Crippen molar-refractivity contribution in [1.29, 1.82) is 5.26 Å². The molecule has 2 aromatic rings. The summed E-state index contributed by atoms with van der Waals surface area (Å²) in [6, 6.07) is 14.1. The number of hydrogen-bond donors (Lipinski definition) is 1. The summed E-state index contributed by atoms with van der Waals surface area (Å²) in [5.41, 5.74) is 1.51. The zero-order valence-electron chi connectivity index (χ0n) is 12.7. The van der Waals surface area contributed by atoms with Gasteiger partial charge < -0.3 is 10.2 Å². The number of para-hydroxylation sites is 1. The number of benzene rings is 1. The Hall–Kier alpha value is -3.20. The quantitative estimate of drug-likeness (QED) is 0.914. The highest BCUT2D eigenvalue weighted by Crippen LogP contribution is 2.13. The van der Waals surface area contributed by atoms with E-state index in [2.05, 4.69) is 10.3 Å². The smallest absolute Gasteiger partial charge is 0.244 e. The van der Waals surface area contributed by atoms with Gasteiger partial charge in [0, 0.05) is 13.1 Å². The van der Waals surface area contributed by atoms with Crippen LogP contribution in [0.25, 0.3) is 0 Å². The van der Waals surface area contributed by atoms with Crippen molar-refractivity contribution < 1.29 is 9.59 Å². The van der Waals surface area contributed by atoms with Gasteiger partial charge in [-0.25, -0.2) is 0 Å². The van der Waals surface area contributed by atoms with Gasteiger partial charge in [0.1, 0.15) is 12.6 Å². The highest BCUT2D eigenvalue weighted by Gasteiger charge is 2.15. The van der Waals surface area contributed by atoms with Crippen LogP contribution in [0.3, 0.4) is 0 Å². The van der Waals surface area contributed by atoms with Crippen molar-refractivity contribution in [3.63, 3.8) is 0 Å². The summed E-state index contributed by atoms with van der Waals surface area (Å²) < 4.78 is 0. The average molecular weight is 308 g/mol. The van der Waals surface area contributed by atoms with E-state index in [4.69, 9.17) is 5.26 Å². The van der Waals surface area contributed by atoms with Crippen molar-refractivity contribution in [2.24, 2.45) is 0 Å². The van der Waals surface area contributed by atoms with Gasteiger partial charge in [0.2, 0.25) is 11.8 Å². The number of amides is 2. The van der Waals surface area contributed by atoms with E-state index in [1.54, 1.807) is 42.6 Å². The van der Waals surface area contributed by atoms with E-state index in [0.29, 0.717) is 16.9 Å². The zero-order valence-corrected chi connectivity index (χ0v) is 12.7. The van der Waals surface area contributed by atoms with E-state index >= 15 is 0 Å². The molecule has 0 unspecified atom stereocenters. The third-order valence-corrected chi connectivity index (χ3v) is 3.18. The van der Waals surface area contributed by atoms with Crippen molar-refractivity contribution in [3.05, 3.63) is 59.9 Å². The minimum Gasteiger partial charge on any atom is -0.328 e. The average Bonchev–Trinajstić information content (AvgIpc) is 2.55. The Kier molecular flexibility index (Phi) is 5.42. The number of carbonyl (C=O) groups excluding carboxylic acids is 2. The van der Waals surface area contributed by atoms with E-state index in [1.807, 2.05) is 12.1 Å². The summed E-state index contributed by atoms with van der Waals surface area (Å²) >= 11 is 0. The largest absolute Gasteiger partial charge is 0.328 e. The Morgan fingerprint density at radius 1 is 1.22 bits per heavy atom. The molecule has 1 aromatic carbocycles. The number of nitriles is 1. The van der Waals surface area contributed by atoms with E-state index < -0.39 is 0 Å². The second-order valence-corrected chi connectivity index (χ2v) is 4.90. The molecule has 0 aliphatic carbocycles. The molecule has 0 saturated carbocycles. The highest BCUT2D eigenvalue weighted by molar-refractivity contribution is 5.95. The minimum atomic E-state index is -0.362. The zero-order chi connectivity index (χ0) is 16.7. The highest BCUT2D eigenvalue weighted by atomic mass is 16.2. The number of hydrogen-bond acceptors (Lipinski definition) is 4. The molecule has 1 N–H and O–H groups in total. The lowest BCUT2D eigenvalue weighted by Crippen LogP contribution is -2.36. The van der Waals surface area contributed by atoms with Crippen LogP contribution in [0.15, 0.2) is 48.7 Å². The number of nitrogens with zero attached hydrogens (tertiary/aromatic N) is 3. The third-order valence-electron chi connectivity index (χ3n) is 3.18. The lowest BCUT2D eigenvalue weighted by molar-refractivity contribution is -0.133. The molecule has 0 aliphatic heterocycles. The molecule has 6 heteroatoms. The fraction of sp³-hybridized carbons (Fsp3) is 0.176. The van der Waals surface area contributed by atoms with Crippen molar-refractivity contribution in [2.75, 3.05) is 11.9 Å². The Morgan fingerprint density at radius 3 is 2.61 bits per heavy atom. The number of pyridine rings is 1. The minimum absolute atomic E-state index is 0.105. The number of aromatic nitrogens is 1. The number of nitrogens with one attached hydrogen (secondary N) is 1. The van der Waals surface area contributed by atoms with E-state index in [1.165, 1.54) is 11.8 Å². The summed E-state index contributed by atoms with van der Waals surface area (Å²) in [7, 11) is 0. The molecule has 2 amide bonds. The third kappa shape index (κ3) is 4.64. The fourth-order valence-corrected chi connectivity index (χ4v) is 2.02. The molecule has 116 valence electrons. The first-order chi connectivity index (χ1) is 11.1. The van der Waals surface area contributed by atoms with Crippen molar-refractivity contribution >= 4 is 17.5 Å². The van der Waals surface area contributed by atoms with E-state index in [9.17, 15) is 9.59 Å². The van der Waals surface area contributed by atoms with Crippen LogP contribution >= 0.6 is 0 Å². The van der Waals surface area contributed by atoms with Crippen LogP contribution in [0.1, 0.15) is 18.2 Å². The Bertz CT molecular complexity index is 738. The predicted octanol–water partition coefficient (Wildman–Crippen LogP) is 1.94. The summed E-state index contributed by atoms with van der Waals surface area (Å²) in [6.07, 6.45) is 1.64. The van der Waals surface area contributed by atoms with Gasteiger partial charge in [0.05, 0.1) is 23.5 Å². The fourth-order valence-electron chi connectivity index (χ4n) is 2.02. The van der Waals surface area contributed by atoms with Crippen LogP contribution in [-0.4, -0.2) is 28.2 Å². The molecule has 23 heavy (non-hydrogen) atoms. The van der Waals surface area contributed by atoms with Crippen LogP contribution in [0.5, 0.6) is 0 Å². The van der Waals surface area contributed by atoms with Gasteiger partial charge >= 0.3 is 0 Å². The van der Waals surface area contributed by atoms with Gasteiger partial charge in [-0.3, -0.25) is 14.6 Å². The van der Waals surface area contributed by atoms with Crippen molar-refractivity contribution in [1.82, 2.24) is 9.88 Å². The molecule has 0 radical (unpaired) electrons. The molecule has 1 aromatic heterocycles. The first-order valence-electron chi connectivity index (χ1n) is 7.04. The van der Waals surface area contributed by atoms with Gasteiger partial charge in [0.15, 0.2) is 0 Å². The molecule has 0 fully saturated rings. The Labute approximate surface area is 134 Å². The lowest BCUT2D eigenvalue weighted by atomic mass is 10.2. The normalized spacial score (nSPS) is 9.74. The molecule has 0 spiro atoms. The van der Waals surface area contributed by atoms with Gasteiger partial charge in [-0.15, -0.1) is 0 Å². The van der Waals surface area contributed by atoms with Gasteiger partial charge in [-0.2, -0.15) is 5.26 Å². The maximum absolute atomic E-state index is 12.2. The maximum atomic E-state index is 12.2. The SMILES string of the molecule is CC(=O)N(CC(=O)Nc1ccccc1C#N)Cc1ccccn1. The number of anilines is 1. The molecule has 2 rings (SSSR count). The number of carbonyl (C=O) groups is 2. The topological polar surface area (TPSA) is 86.1 Å². The van der Waals surface area contributed by atoms with Crippen LogP contribution in [-0.2, 0) is 16.1 Å². The molecule has 0 aliphatic rings. The molecule has 0 atom stereocenters. The van der Waals surface area contributed by atoms with Gasteiger partial charge in [-0.1, -0.05) is 18.2 Å². The summed E-state index contributed by atoms with van der Waals surface area (Å²) in [6.45, 7) is 1.55. The standard InChI is InChI=1S/C17H16N4O2/c1-13(22)21(11-15-7-4-5-9-19-15)12-17(23)20-16-8-3-2-6-14(16)10-18/h2-9H,11-12H2,1H3,(H,20,23). The summed E-state index contributed by atoms with van der Waals surface area (Å²) in [5.74, 6) is -0.585.